The number of benzene rings is 1. The van der Waals surface area contributed by atoms with E-state index in [4.69, 9.17) is 11.6 Å². The van der Waals surface area contributed by atoms with Crippen molar-refractivity contribution in [3.63, 3.8) is 0 Å². The number of hydrazine groups is 1. The molecular weight excluding hydrogens is 347 g/mol. The molecule has 2 unspecified atom stereocenters. The maximum atomic E-state index is 13.3. The van der Waals surface area contributed by atoms with Gasteiger partial charge in [0.05, 0.1) is 12.6 Å². The fourth-order valence-electron chi connectivity index (χ4n) is 3.45. The van der Waals surface area contributed by atoms with E-state index < -0.39 is 5.38 Å². The molecule has 2 aliphatic rings. The van der Waals surface area contributed by atoms with Crippen molar-refractivity contribution >= 4 is 23.4 Å². The molecule has 1 aromatic rings. The van der Waals surface area contributed by atoms with E-state index in [9.17, 15) is 14.0 Å². The van der Waals surface area contributed by atoms with Gasteiger partial charge in [-0.2, -0.15) is 0 Å². The van der Waals surface area contributed by atoms with Crippen molar-refractivity contribution in [3.05, 3.63) is 35.1 Å². The lowest BCUT2D eigenvalue weighted by molar-refractivity contribution is -0.142. The maximum absolute atomic E-state index is 13.3. The Morgan fingerprint density at radius 1 is 1.36 bits per heavy atom. The summed E-state index contributed by atoms with van der Waals surface area (Å²) in [5.41, 5.74) is 7.10. The maximum Gasteiger partial charge on any atom is 0.253 e. The van der Waals surface area contributed by atoms with Crippen molar-refractivity contribution in [2.75, 3.05) is 19.6 Å². The molecule has 1 aromatic carbocycles. The van der Waals surface area contributed by atoms with Crippen LogP contribution in [0.3, 0.4) is 0 Å². The summed E-state index contributed by atoms with van der Waals surface area (Å²) in [6, 6.07) is 4.45. The summed E-state index contributed by atoms with van der Waals surface area (Å²) in [6.07, 6.45) is 0. The SMILES string of the molecule is Cc1cc(F)ccc1CN1C[C@@H](C)N(C2CNNC(=O)C2Cl)CC1=O. The van der Waals surface area contributed by atoms with Gasteiger partial charge in [-0.15, -0.1) is 11.6 Å². The second-order valence-corrected chi connectivity index (χ2v) is 7.18. The third kappa shape index (κ3) is 3.78. The molecule has 136 valence electrons. The predicted molar refractivity (Wildman–Crippen MR) is 92.3 cm³/mol. The van der Waals surface area contributed by atoms with Gasteiger partial charge >= 0.3 is 0 Å². The van der Waals surface area contributed by atoms with Gasteiger partial charge in [-0.05, 0) is 37.1 Å². The van der Waals surface area contributed by atoms with Crippen LogP contribution in [0.2, 0.25) is 0 Å². The highest BCUT2D eigenvalue weighted by molar-refractivity contribution is 6.31. The molecule has 2 heterocycles. The largest absolute Gasteiger partial charge is 0.336 e. The number of hydrogen-bond donors (Lipinski definition) is 2. The molecule has 0 spiro atoms. The summed E-state index contributed by atoms with van der Waals surface area (Å²) in [6.45, 7) is 5.56. The Balaban J connectivity index is 1.69. The zero-order valence-electron chi connectivity index (χ0n) is 14.3. The van der Waals surface area contributed by atoms with Gasteiger partial charge in [-0.1, -0.05) is 6.07 Å². The molecule has 3 atom stereocenters. The number of nitrogens with zero attached hydrogens (tertiary/aromatic N) is 2. The topological polar surface area (TPSA) is 64.7 Å². The highest BCUT2D eigenvalue weighted by Gasteiger charge is 2.40. The van der Waals surface area contributed by atoms with Crippen LogP contribution in [0.1, 0.15) is 18.1 Å². The molecule has 0 radical (unpaired) electrons. The van der Waals surface area contributed by atoms with Crippen LogP contribution < -0.4 is 10.9 Å². The van der Waals surface area contributed by atoms with Gasteiger partial charge in [0.25, 0.3) is 5.91 Å². The molecule has 2 saturated heterocycles. The average Bonchev–Trinajstić information content (AvgIpc) is 2.56. The normalized spacial score (nSPS) is 28.2. The first-order valence-electron chi connectivity index (χ1n) is 8.32. The average molecular weight is 369 g/mol. The van der Waals surface area contributed by atoms with Crippen LogP contribution in [0.4, 0.5) is 4.39 Å². The molecule has 2 amide bonds. The molecule has 0 saturated carbocycles. The predicted octanol–water partition coefficient (Wildman–Crippen LogP) is 0.777. The van der Waals surface area contributed by atoms with E-state index in [0.29, 0.717) is 19.6 Å². The Morgan fingerprint density at radius 2 is 2.12 bits per heavy atom. The first-order chi connectivity index (χ1) is 11.9. The third-order valence-corrected chi connectivity index (χ3v) is 5.41. The van der Waals surface area contributed by atoms with Crippen molar-refractivity contribution in [2.45, 2.75) is 37.9 Å². The fourth-order valence-corrected chi connectivity index (χ4v) is 3.74. The monoisotopic (exact) mass is 368 g/mol. The van der Waals surface area contributed by atoms with Crippen molar-refractivity contribution in [1.82, 2.24) is 20.7 Å². The van der Waals surface area contributed by atoms with Gasteiger partial charge in [-0.25, -0.2) is 9.82 Å². The number of carbonyl (C=O) groups excluding carboxylic acids is 2. The van der Waals surface area contributed by atoms with Crippen LogP contribution in [-0.2, 0) is 16.1 Å². The highest BCUT2D eigenvalue weighted by atomic mass is 35.5. The molecule has 6 nitrogen and oxygen atoms in total. The summed E-state index contributed by atoms with van der Waals surface area (Å²) in [5.74, 6) is -0.569. The van der Waals surface area contributed by atoms with Gasteiger partial charge in [0.15, 0.2) is 0 Å². The summed E-state index contributed by atoms with van der Waals surface area (Å²) >= 11 is 6.23. The van der Waals surface area contributed by atoms with Gasteiger partial charge in [-0.3, -0.25) is 19.9 Å². The lowest BCUT2D eigenvalue weighted by Crippen LogP contribution is -2.67. The van der Waals surface area contributed by atoms with E-state index in [-0.39, 0.29) is 36.3 Å². The van der Waals surface area contributed by atoms with Crippen LogP contribution in [0.15, 0.2) is 18.2 Å². The third-order valence-electron chi connectivity index (χ3n) is 4.92. The number of hydrogen-bond acceptors (Lipinski definition) is 4. The van der Waals surface area contributed by atoms with Crippen molar-refractivity contribution < 1.29 is 14.0 Å². The summed E-state index contributed by atoms with van der Waals surface area (Å²) in [4.78, 5) is 28.1. The molecular formula is C17H22ClFN4O2. The highest BCUT2D eigenvalue weighted by Crippen LogP contribution is 2.22. The minimum atomic E-state index is -0.692. The summed E-state index contributed by atoms with van der Waals surface area (Å²) in [5, 5.41) is -0.692. The molecule has 8 heteroatoms. The van der Waals surface area contributed by atoms with Crippen LogP contribution in [-0.4, -0.2) is 58.7 Å². The number of nitrogens with one attached hydrogen (secondary N) is 2. The molecule has 2 fully saturated rings. The Kier molecular flexibility index (Phi) is 5.27. The van der Waals surface area contributed by atoms with Crippen LogP contribution in [0.5, 0.6) is 0 Å². The standard InChI is InChI=1S/C17H22ClFN4O2/c1-10-5-13(19)4-3-12(10)8-22-7-11(2)23(9-15(22)24)14-6-20-21-17(25)16(14)18/h3-5,11,14,16,20H,6-9H2,1-2H3,(H,21,25)/t11-,14?,16?/m1/s1. The van der Waals surface area contributed by atoms with Crippen LogP contribution in [0.25, 0.3) is 0 Å². The number of amides is 2. The quantitative estimate of drug-likeness (QED) is 0.774. The molecule has 0 bridgehead atoms. The van der Waals surface area contributed by atoms with Crippen LogP contribution >= 0.6 is 11.6 Å². The van der Waals surface area contributed by atoms with Gasteiger partial charge in [0, 0.05) is 25.7 Å². The van der Waals surface area contributed by atoms with Crippen molar-refractivity contribution in [2.24, 2.45) is 0 Å². The lowest BCUT2D eigenvalue weighted by Gasteiger charge is -2.45. The number of alkyl halides is 1. The zero-order valence-corrected chi connectivity index (χ0v) is 15.0. The molecule has 0 aliphatic carbocycles. The Bertz CT molecular complexity index is 687. The number of carbonyl (C=O) groups is 2. The van der Waals surface area contributed by atoms with E-state index in [1.807, 2.05) is 18.7 Å². The number of aryl methyl sites for hydroxylation is 1. The lowest BCUT2D eigenvalue weighted by atomic mass is 10.0. The second kappa shape index (κ2) is 7.27. The minimum Gasteiger partial charge on any atom is -0.336 e. The molecule has 0 aromatic heterocycles. The molecule has 2 N–H and O–H groups in total. The van der Waals surface area contributed by atoms with Crippen molar-refractivity contribution in [3.8, 4) is 0 Å². The van der Waals surface area contributed by atoms with Crippen molar-refractivity contribution in [1.29, 1.82) is 0 Å². The number of halogens is 2. The Morgan fingerprint density at radius 3 is 2.84 bits per heavy atom. The van der Waals surface area contributed by atoms with E-state index in [0.717, 1.165) is 11.1 Å². The smallest absolute Gasteiger partial charge is 0.253 e. The van der Waals surface area contributed by atoms with Gasteiger partial charge in [0.2, 0.25) is 5.91 Å². The molecule has 25 heavy (non-hydrogen) atoms. The minimum absolute atomic E-state index is 0.0170. The van der Waals surface area contributed by atoms with Gasteiger partial charge in [0.1, 0.15) is 11.2 Å². The fraction of sp³-hybridized carbons (Fsp3) is 0.529. The number of piperazine rings is 1. The van der Waals surface area contributed by atoms with E-state index in [1.165, 1.54) is 12.1 Å². The summed E-state index contributed by atoms with van der Waals surface area (Å²) in [7, 11) is 0. The van der Waals surface area contributed by atoms with Gasteiger partial charge < -0.3 is 4.90 Å². The van der Waals surface area contributed by atoms with E-state index >= 15 is 0 Å². The first kappa shape index (κ1) is 18.1. The first-order valence-corrected chi connectivity index (χ1v) is 8.76. The number of rotatable bonds is 3. The zero-order chi connectivity index (χ0) is 18.1. The second-order valence-electron chi connectivity index (χ2n) is 6.71. The molecule has 3 rings (SSSR count). The molecule has 2 aliphatic heterocycles. The van der Waals surface area contributed by atoms with E-state index in [1.54, 1.807) is 11.0 Å². The Labute approximate surface area is 151 Å². The van der Waals surface area contributed by atoms with E-state index in [2.05, 4.69) is 10.9 Å². The summed E-state index contributed by atoms with van der Waals surface area (Å²) < 4.78 is 13.3. The Hall–Kier alpha value is -1.70. The van der Waals surface area contributed by atoms with Crippen LogP contribution in [0, 0.1) is 12.7 Å².